The minimum Gasteiger partial charge on any atom is -0.445 e. The summed E-state index contributed by atoms with van der Waals surface area (Å²) in [6.07, 6.45) is -0.468. The molecule has 1 amide bonds. The van der Waals surface area contributed by atoms with Crippen molar-refractivity contribution in [1.82, 2.24) is 4.90 Å². The third-order valence-corrected chi connectivity index (χ3v) is 3.40. The predicted octanol–water partition coefficient (Wildman–Crippen LogP) is 0.751. The lowest BCUT2D eigenvalue weighted by atomic mass is 9.86. The molecule has 5 heteroatoms. The highest BCUT2D eigenvalue weighted by molar-refractivity contribution is 5.70. The second-order valence-electron chi connectivity index (χ2n) is 4.61. The Bertz CT molecular complexity index is 422. The summed E-state index contributed by atoms with van der Waals surface area (Å²) in [6.45, 7) is 1.65. The second-order valence-corrected chi connectivity index (χ2v) is 4.61. The van der Waals surface area contributed by atoms with Crippen molar-refractivity contribution in [2.75, 3.05) is 13.2 Å². The van der Waals surface area contributed by atoms with Gasteiger partial charge in [-0.25, -0.2) is 4.79 Å². The normalized spacial score (nSPS) is 26.6. The Morgan fingerprint density at radius 2 is 2.17 bits per heavy atom. The van der Waals surface area contributed by atoms with E-state index >= 15 is 0 Å². The topological polar surface area (TPSA) is 70.0 Å². The molecule has 2 rings (SSSR count). The van der Waals surface area contributed by atoms with Crippen molar-refractivity contribution in [3.63, 3.8) is 0 Å². The van der Waals surface area contributed by atoms with Crippen molar-refractivity contribution in [2.45, 2.75) is 25.2 Å². The van der Waals surface area contributed by atoms with E-state index in [0.717, 1.165) is 5.56 Å². The number of likely N-dealkylation sites (tertiary alicyclic amines) is 1. The lowest BCUT2D eigenvalue weighted by molar-refractivity contribution is -0.155. The number of carbonyl (C=O) groups is 1. The van der Waals surface area contributed by atoms with Gasteiger partial charge in [-0.15, -0.1) is 0 Å². The predicted molar refractivity (Wildman–Crippen MR) is 64.8 cm³/mol. The summed E-state index contributed by atoms with van der Waals surface area (Å²) in [5.41, 5.74) is -0.275. The van der Waals surface area contributed by atoms with E-state index in [1.807, 2.05) is 30.3 Å². The number of aliphatic hydroxyl groups is 2. The molecule has 1 unspecified atom stereocenters. The highest BCUT2D eigenvalue weighted by Gasteiger charge is 2.51. The number of carbonyl (C=O) groups excluding carboxylic acids is 1. The van der Waals surface area contributed by atoms with Crippen LogP contribution in [0.4, 0.5) is 4.79 Å². The standard InChI is InChI=1S/C13H17NO4/c1-10-13(17,9-15)8-14(10)12(16)18-7-11-5-3-2-4-6-11/h2-6,10,15,17H,7-9H2,1H3/t10-,13?/m0/s1. The minimum absolute atomic E-state index is 0.109. The van der Waals surface area contributed by atoms with Crippen LogP contribution in [0.1, 0.15) is 12.5 Å². The van der Waals surface area contributed by atoms with E-state index in [2.05, 4.69) is 0 Å². The van der Waals surface area contributed by atoms with Crippen molar-refractivity contribution < 1.29 is 19.7 Å². The molecule has 2 atom stereocenters. The van der Waals surface area contributed by atoms with Crippen molar-refractivity contribution in [1.29, 1.82) is 0 Å². The third-order valence-electron chi connectivity index (χ3n) is 3.40. The summed E-state index contributed by atoms with van der Waals surface area (Å²) in [6, 6.07) is 8.96. The molecule has 1 fully saturated rings. The van der Waals surface area contributed by atoms with Gasteiger partial charge in [0.15, 0.2) is 0 Å². The molecule has 0 aliphatic carbocycles. The van der Waals surface area contributed by atoms with Crippen molar-refractivity contribution in [3.8, 4) is 0 Å². The number of amides is 1. The van der Waals surface area contributed by atoms with Gasteiger partial charge in [-0.05, 0) is 12.5 Å². The van der Waals surface area contributed by atoms with Gasteiger partial charge in [-0.3, -0.25) is 4.90 Å². The van der Waals surface area contributed by atoms with Gasteiger partial charge < -0.3 is 14.9 Å². The molecule has 1 saturated heterocycles. The number of hydrogen-bond acceptors (Lipinski definition) is 4. The summed E-state index contributed by atoms with van der Waals surface area (Å²) in [5, 5.41) is 18.8. The Labute approximate surface area is 106 Å². The van der Waals surface area contributed by atoms with Crippen molar-refractivity contribution >= 4 is 6.09 Å². The van der Waals surface area contributed by atoms with Gasteiger partial charge >= 0.3 is 6.09 Å². The van der Waals surface area contributed by atoms with Crippen molar-refractivity contribution in [3.05, 3.63) is 35.9 Å². The average Bonchev–Trinajstić information content (AvgIpc) is 2.42. The maximum atomic E-state index is 11.7. The Hall–Kier alpha value is -1.59. The zero-order valence-corrected chi connectivity index (χ0v) is 10.2. The Balaban J connectivity index is 1.84. The first-order valence-corrected chi connectivity index (χ1v) is 5.87. The Kier molecular flexibility index (Phi) is 3.54. The number of nitrogens with zero attached hydrogens (tertiary/aromatic N) is 1. The first-order valence-electron chi connectivity index (χ1n) is 5.87. The van der Waals surface area contributed by atoms with Crippen LogP contribution in [-0.2, 0) is 11.3 Å². The van der Waals surface area contributed by atoms with Crippen LogP contribution < -0.4 is 0 Å². The molecular weight excluding hydrogens is 234 g/mol. The monoisotopic (exact) mass is 251 g/mol. The van der Waals surface area contributed by atoms with Gasteiger partial charge in [0.05, 0.1) is 19.2 Å². The van der Waals surface area contributed by atoms with Gasteiger partial charge in [-0.1, -0.05) is 30.3 Å². The quantitative estimate of drug-likeness (QED) is 0.831. The highest BCUT2D eigenvalue weighted by Crippen LogP contribution is 2.29. The minimum atomic E-state index is -1.19. The van der Waals surface area contributed by atoms with Crippen molar-refractivity contribution in [2.24, 2.45) is 0 Å². The molecule has 98 valence electrons. The van der Waals surface area contributed by atoms with Crippen LogP contribution in [0.15, 0.2) is 30.3 Å². The molecule has 1 aromatic rings. The summed E-state index contributed by atoms with van der Waals surface area (Å²) < 4.78 is 5.13. The molecule has 0 bridgehead atoms. The van der Waals surface area contributed by atoms with Crippen LogP contribution in [-0.4, -0.2) is 46.0 Å². The van der Waals surface area contributed by atoms with E-state index < -0.39 is 17.7 Å². The molecule has 1 heterocycles. The molecule has 0 saturated carbocycles. The fourth-order valence-electron chi connectivity index (χ4n) is 1.95. The maximum Gasteiger partial charge on any atom is 0.410 e. The van der Waals surface area contributed by atoms with Gasteiger partial charge in [0, 0.05) is 0 Å². The molecule has 1 aromatic carbocycles. The first kappa shape index (κ1) is 12.9. The van der Waals surface area contributed by atoms with Crippen LogP contribution in [0, 0.1) is 0 Å². The lowest BCUT2D eigenvalue weighted by Crippen LogP contribution is -2.71. The first-order chi connectivity index (χ1) is 8.57. The highest BCUT2D eigenvalue weighted by atomic mass is 16.6. The van der Waals surface area contributed by atoms with E-state index in [9.17, 15) is 9.90 Å². The lowest BCUT2D eigenvalue weighted by Gasteiger charge is -2.50. The van der Waals surface area contributed by atoms with Crippen LogP contribution in [0.5, 0.6) is 0 Å². The van der Waals surface area contributed by atoms with Gasteiger partial charge in [0.25, 0.3) is 0 Å². The fourth-order valence-corrected chi connectivity index (χ4v) is 1.95. The molecule has 0 spiro atoms. The summed E-state index contributed by atoms with van der Waals surface area (Å²) in [7, 11) is 0. The summed E-state index contributed by atoms with van der Waals surface area (Å²) >= 11 is 0. The summed E-state index contributed by atoms with van der Waals surface area (Å²) in [4.78, 5) is 13.1. The van der Waals surface area contributed by atoms with E-state index in [1.54, 1.807) is 6.92 Å². The summed E-state index contributed by atoms with van der Waals surface area (Å²) in [5.74, 6) is 0. The maximum absolute atomic E-state index is 11.7. The van der Waals surface area contributed by atoms with Crippen LogP contribution in [0.25, 0.3) is 0 Å². The molecule has 1 aliphatic heterocycles. The Morgan fingerprint density at radius 1 is 1.50 bits per heavy atom. The van der Waals surface area contributed by atoms with Crippen LogP contribution in [0.3, 0.4) is 0 Å². The fraction of sp³-hybridized carbons (Fsp3) is 0.462. The van der Waals surface area contributed by atoms with E-state index in [-0.39, 0.29) is 19.8 Å². The third kappa shape index (κ3) is 2.32. The number of ether oxygens (including phenoxy) is 1. The largest absolute Gasteiger partial charge is 0.445 e. The molecule has 5 nitrogen and oxygen atoms in total. The molecule has 1 aliphatic rings. The molecule has 0 radical (unpaired) electrons. The van der Waals surface area contributed by atoms with E-state index in [1.165, 1.54) is 4.90 Å². The van der Waals surface area contributed by atoms with E-state index in [0.29, 0.717) is 0 Å². The number of aliphatic hydroxyl groups excluding tert-OH is 1. The molecule has 18 heavy (non-hydrogen) atoms. The smallest absolute Gasteiger partial charge is 0.410 e. The molecular formula is C13H17NO4. The number of benzene rings is 1. The zero-order valence-electron chi connectivity index (χ0n) is 10.2. The van der Waals surface area contributed by atoms with Gasteiger partial charge in [0.2, 0.25) is 0 Å². The molecule has 0 aromatic heterocycles. The SMILES string of the molecule is C[C@@H]1N(C(=O)OCc2ccccc2)CC1(O)CO. The van der Waals surface area contributed by atoms with Crippen LogP contribution in [0.2, 0.25) is 0 Å². The van der Waals surface area contributed by atoms with Gasteiger partial charge in [-0.2, -0.15) is 0 Å². The Morgan fingerprint density at radius 3 is 2.72 bits per heavy atom. The average molecular weight is 251 g/mol. The molecule has 2 N–H and O–H groups in total. The van der Waals surface area contributed by atoms with Crippen LogP contribution >= 0.6 is 0 Å². The zero-order chi connectivity index (χ0) is 13.2. The second kappa shape index (κ2) is 4.96. The van der Waals surface area contributed by atoms with E-state index in [4.69, 9.17) is 9.84 Å². The number of rotatable bonds is 3. The van der Waals surface area contributed by atoms with Gasteiger partial charge in [0.1, 0.15) is 12.2 Å². The number of β-amino-alcohol motifs (C(OH)–C–C–N with tert-alkyl or cyclic N) is 1. The number of hydrogen-bond donors (Lipinski definition) is 2.